The highest BCUT2D eigenvalue weighted by Gasteiger charge is 2.15. The van der Waals surface area contributed by atoms with Crippen LogP contribution in [0.2, 0.25) is 0 Å². The van der Waals surface area contributed by atoms with Gasteiger partial charge in [-0.2, -0.15) is 0 Å². The van der Waals surface area contributed by atoms with E-state index in [0.717, 1.165) is 50.0 Å². The Bertz CT molecular complexity index is 2130. The Labute approximate surface area is 265 Å². The summed E-state index contributed by atoms with van der Waals surface area (Å²) < 4.78 is 0. The van der Waals surface area contributed by atoms with Crippen LogP contribution in [0.25, 0.3) is 55.3 Å². The number of rotatable bonds is 6. The van der Waals surface area contributed by atoms with E-state index in [1.807, 2.05) is 60.8 Å². The second-order valence-corrected chi connectivity index (χ2v) is 10.6. The van der Waals surface area contributed by atoms with E-state index in [1.54, 1.807) is 6.08 Å². The Balaban J connectivity index is 1.60. The van der Waals surface area contributed by atoms with Crippen LogP contribution >= 0.6 is 0 Å². The van der Waals surface area contributed by atoms with Crippen molar-refractivity contribution in [1.82, 2.24) is 9.97 Å². The second-order valence-electron chi connectivity index (χ2n) is 10.6. The largest absolute Gasteiger partial charge is 0.228 e. The van der Waals surface area contributed by atoms with Crippen LogP contribution in [-0.2, 0) is 0 Å². The van der Waals surface area contributed by atoms with Crippen LogP contribution in [0.1, 0.15) is 18.2 Å². The molecule has 0 atom stereocenters. The maximum Gasteiger partial charge on any atom is 0.161 e. The SMILES string of the molecule is C=C/C=C\C(=C/C)c1cccc(-c2cc(C3=C/C=C\C=C/C=C\C=C\C=C\3)nc(-c3cc4ccccc4c4ccccc34)n2)c1. The second kappa shape index (κ2) is 14.1. The molecule has 1 aliphatic carbocycles. The zero-order chi connectivity index (χ0) is 30.8. The number of allylic oxidation sites excluding steroid dienone is 17. The summed E-state index contributed by atoms with van der Waals surface area (Å²) in [5, 5.41) is 4.69. The molecule has 0 bridgehead atoms. The maximum atomic E-state index is 5.25. The number of fused-ring (bicyclic) bond motifs is 3. The molecule has 0 saturated heterocycles. The molecule has 0 aliphatic heterocycles. The summed E-state index contributed by atoms with van der Waals surface area (Å²) in [6, 6.07) is 29.9. The fourth-order valence-corrected chi connectivity index (χ4v) is 5.49. The molecule has 2 nitrogen and oxygen atoms in total. The van der Waals surface area contributed by atoms with E-state index in [1.165, 1.54) is 10.8 Å². The zero-order valence-electron chi connectivity index (χ0n) is 25.3. The molecule has 2 heteroatoms. The zero-order valence-corrected chi connectivity index (χ0v) is 25.3. The molecule has 0 unspecified atom stereocenters. The molecule has 1 aliphatic rings. The van der Waals surface area contributed by atoms with Gasteiger partial charge in [-0.1, -0.05) is 164 Å². The van der Waals surface area contributed by atoms with Gasteiger partial charge < -0.3 is 0 Å². The van der Waals surface area contributed by atoms with E-state index in [0.29, 0.717) is 5.82 Å². The predicted octanol–water partition coefficient (Wildman–Crippen LogP) is 11.4. The van der Waals surface area contributed by atoms with Crippen molar-refractivity contribution in [3.63, 3.8) is 0 Å². The van der Waals surface area contributed by atoms with Gasteiger partial charge in [0.1, 0.15) is 0 Å². The van der Waals surface area contributed by atoms with Gasteiger partial charge in [-0.15, -0.1) is 0 Å². The smallest absolute Gasteiger partial charge is 0.161 e. The molecule has 4 aromatic carbocycles. The predicted molar refractivity (Wildman–Crippen MR) is 195 cm³/mol. The third kappa shape index (κ3) is 6.71. The van der Waals surface area contributed by atoms with Gasteiger partial charge in [0.2, 0.25) is 0 Å². The van der Waals surface area contributed by atoms with Crippen molar-refractivity contribution in [3.8, 4) is 22.6 Å². The summed E-state index contributed by atoms with van der Waals surface area (Å²) >= 11 is 0. The number of hydrogen-bond acceptors (Lipinski definition) is 2. The van der Waals surface area contributed by atoms with Crippen LogP contribution in [-0.4, -0.2) is 9.97 Å². The Kier molecular flexibility index (Phi) is 9.14. The van der Waals surface area contributed by atoms with Gasteiger partial charge in [-0.05, 0) is 57.8 Å². The first-order valence-corrected chi connectivity index (χ1v) is 15.2. The molecule has 0 fully saturated rings. The van der Waals surface area contributed by atoms with Crippen molar-refractivity contribution in [2.75, 3.05) is 0 Å². The lowest BCUT2D eigenvalue weighted by Gasteiger charge is -2.14. The van der Waals surface area contributed by atoms with Crippen LogP contribution in [0, 0.1) is 0 Å². The maximum absolute atomic E-state index is 5.25. The summed E-state index contributed by atoms with van der Waals surface area (Å²) in [5.74, 6) is 0.690. The van der Waals surface area contributed by atoms with E-state index in [-0.39, 0.29) is 0 Å². The van der Waals surface area contributed by atoms with Crippen molar-refractivity contribution in [3.05, 3.63) is 194 Å². The van der Waals surface area contributed by atoms with Gasteiger partial charge in [0.25, 0.3) is 0 Å². The fourth-order valence-electron chi connectivity index (χ4n) is 5.49. The summed E-state index contributed by atoms with van der Waals surface area (Å²) in [6.45, 7) is 5.89. The molecule has 0 spiro atoms. The first-order valence-electron chi connectivity index (χ1n) is 15.2. The van der Waals surface area contributed by atoms with Gasteiger partial charge in [0.05, 0.1) is 11.4 Å². The van der Waals surface area contributed by atoms with Crippen molar-refractivity contribution < 1.29 is 0 Å². The highest BCUT2D eigenvalue weighted by Crippen LogP contribution is 2.35. The molecule has 45 heavy (non-hydrogen) atoms. The van der Waals surface area contributed by atoms with Crippen molar-refractivity contribution in [2.24, 2.45) is 0 Å². The lowest BCUT2D eigenvalue weighted by atomic mass is 9.96. The highest BCUT2D eigenvalue weighted by atomic mass is 14.9. The lowest BCUT2D eigenvalue weighted by Crippen LogP contribution is -1.99. The van der Waals surface area contributed by atoms with E-state index >= 15 is 0 Å². The Morgan fingerprint density at radius 3 is 2.11 bits per heavy atom. The van der Waals surface area contributed by atoms with Gasteiger partial charge >= 0.3 is 0 Å². The average molecular weight is 579 g/mol. The Morgan fingerprint density at radius 2 is 1.33 bits per heavy atom. The minimum Gasteiger partial charge on any atom is -0.228 e. The number of nitrogens with zero attached hydrogens (tertiary/aromatic N) is 2. The van der Waals surface area contributed by atoms with Crippen molar-refractivity contribution >= 4 is 32.7 Å². The van der Waals surface area contributed by atoms with E-state index < -0.39 is 0 Å². The van der Waals surface area contributed by atoms with Crippen LogP contribution in [0.4, 0.5) is 0 Å². The van der Waals surface area contributed by atoms with Gasteiger partial charge in [-0.3, -0.25) is 0 Å². The normalized spacial score (nSPS) is 18.4. The van der Waals surface area contributed by atoms with Crippen molar-refractivity contribution in [2.45, 2.75) is 6.92 Å². The molecule has 0 saturated carbocycles. The molecule has 1 aromatic heterocycles. The molecule has 6 rings (SSSR count). The third-order valence-corrected chi connectivity index (χ3v) is 7.69. The third-order valence-electron chi connectivity index (χ3n) is 7.69. The highest BCUT2D eigenvalue weighted by molar-refractivity contribution is 6.13. The number of benzene rings is 4. The first kappa shape index (κ1) is 29.2. The van der Waals surface area contributed by atoms with E-state index in [4.69, 9.17) is 9.97 Å². The van der Waals surface area contributed by atoms with Crippen LogP contribution < -0.4 is 0 Å². The van der Waals surface area contributed by atoms with Crippen LogP contribution in [0.15, 0.2) is 183 Å². The summed E-state index contributed by atoms with van der Waals surface area (Å²) in [7, 11) is 0. The summed E-state index contributed by atoms with van der Waals surface area (Å²) in [5.41, 5.74) is 6.96. The van der Waals surface area contributed by atoms with Crippen LogP contribution in [0.3, 0.4) is 0 Å². The quantitative estimate of drug-likeness (QED) is 0.148. The molecular formula is C43H34N2. The van der Waals surface area contributed by atoms with Gasteiger partial charge in [0, 0.05) is 16.7 Å². The molecule has 5 aromatic rings. The average Bonchev–Trinajstić information content (AvgIpc) is 3.08. The minimum absolute atomic E-state index is 0.690. The Morgan fingerprint density at radius 1 is 0.644 bits per heavy atom. The monoisotopic (exact) mass is 578 g/mol. The molecule has 0 N–H and O–H groups in total. The van der Waals surface area contributed by atoms with E-state index in [9.17, 15) is 0 Å². The molecular weight excluding hydrogens is 544 g/mol. The first-order chi connectivity index (χ1) is 22.2. The van der Waals surface area contributed by atoms with Gasteiger partial charge in [-0.25, -0.2) is 9.97 Å². The molecule has 0 amide bonds. The summed E-state index contributed by atoms with van der Waals surface area (Å²) in [4.78, 5) is 10.5. The summed E-state index contributed by atoms with van der Waals surface area (Å²) in [6.07, 6.45) is 30.4. The Hall–Kier alpha value is -5.86. The lowest BCUT2D eigenvalue weighted by molar-refractivity contribution is 1.16. The molecule has 0 radical (unpaired) electrons. The number of hydrogen-bond donors (Lipinski definition) is 0. The standard InChI is InChI=1S/C43H34N2/c1-3-5-20-32(4-2)34-24-19-25-36(29-34)42-31-41(33-21-13-11-9-7-6-8-10-12-14-22-33)44-43(45-42)40-30-35-23-15-16-26-37(35)38-27-17-18-28-39(38)40/h3-31H,1H2,2H3/b7-6-,8-6?,9-7?,10-8-,11-9+,12-10?,13-11?,14-12-,20-5-,21-13+,22-14?,32-4+,33-21?,33-22+. The van der Waals surface area contributed by atoms with Crippen LogP contribution in [0.5, 0.6) is 0 Å². The topological polar surface area (TPSA) is 25.8 Å². The van der Waals surface area contributed by atoms with Crippen molar-refractivity contribution in [1.29, 1.82) is 0 Å². The molecule has 1 heterocycles. The fraction of sp³-hybridized carbons (Fsp3) is 0.0233. The van der Waals surface area contributed by atoms with E-state index in [2.05, 4.69) is 123 Å². The molecule has 216 valence electrons. The minimum atomic E-state index is 0.690. The van der Waals surface area contributed by atoms with Gasteiger partial charge in [0.15, 0.2) is 5.82 Å². The number of aromatic nitrogens is 2.